The van der Waals surface area contributed by atoms with Gasteiger partial charge in [-0.05, 0) is 85.6 Å². The molecule has 0 aliphatic rings. The molecule has 0 saturated heterocycles. The zero-order valence-electron chi connectivity index (χ0n) is 29.3. The molecule has 3 aromatic rings. The number of ether oxygens (including phenoxy) is 4. The maximum Gasteiger partial charge on any atom is 0.330 e. The van der Waals surface area contributed by atoms with Crippen molar-refractivity contribution < 1.29 is 49.0 Å². The van der Waals surface area contributed by atoms with Crippen LogP contribution in [0.5, 0.6) is 11.5 Å². The average molecular weight is 714 g/mol. The molecule has 4 N–H and O–H groups in total. The predicted octanol–water partition coefficient (Wildman–Crippen LogP) is 2.85. The lowest BCUT2D eigenvalue weighted by atomic mass is 9.85. The Morgan fingerprint density at radius 2 is 1.40 bits per heavy atom. The lowest BCUT2D eigenvalue weighted by Gasteiger charge is -2.26. The summed E-state index contributed by atoms with van der Waals surface area (Å²) in [5.41, 5.74) is 2.01. The summed E-state index contributed by atoms with van der Waals surface area (Å²) in [6.45, 7) is 3.01. The number of nitrogens with zero attached hydrogens (tertiary/aromatic N) is 3. The fourth-order valence-corrected chi connectivity index (χ4v) is 4.83. The highest BCUT2D eigenvalue weighted by Gasteiger charge is 2.37. The van der Waals surface area contributed by atoms with Crippen molar-refractivity contribution in [2.45, 2.75) is 59.3 Å². The number of aliphatic hydroxyl groups excluding tert-OH is 4. The normalized spacial score (nSPS) is 11.9. The third kappa shape index (κ3) is 14.1. The molecule has 0 saturated carbocycles. The molecule has 1 atom stereocenters. The van der Waals surface area contributed by atoms with Gasteiger partial charge in [-0.2, -0.15) is 10.0 Å². The number of terminal acetylenes is 1. The first-order valence-corrected chi connectivity index (χ1v) is 18.3. The lowest BCUT2D eigenvalue weighted by Crippen LogP contribution is -2.33. The van der Waals surface area contributed by atoms with Crippen molar-refractivity contribution in [3.63, 3.8) is 0 Å². The fourth-order valence-electron chi connectivity index (χ4n) is 4.33. The molecule has 0 radical (unpaired) electrons. The first-order valence-electron chi connectivity index (χ1n) is 15.4. The number of carbonyl (C=O) groups is 2. The van der Waals surface area contributed by atoms with E-state index in [1.165, 1.54) is 11.8 Å². The number of methoxy groups -OCH3 is 1. The summed E-state index contributed by atoms with van der Waals surface area (Å²) >= 11 is 0. The minimum absolute atomic E-state index is 0.0181. The molecule has 1 unspecified atom stereocenters. The van der Waals surface area contributed by atoms with Crippen LogP contribution >= 0.6 is 10.0 Å². The molecule has 0 aliphatic carbocycles. The van der Waals surface area contributed by atoms with E-state index in [0.29, 0.717) is 39.4 Å². The van der Waals surface area contributed by atoms with E-state index in [2.05, 4.69) is 27.4 Å². The van der Waals surface area contributed by atoms with Gasteiger partial charge in [-0.15, -0.1) is 11.5 Å². The Morgan fingerprint density at radius 3 is 1.86 bits per heavy atom. The van der Waals surface area contributed by atoms with Gasteiger partial charge in [0.05, 0.1) is 45.1 Å². The number of benzene rings is 2. The molecule has 0 spiro atoms. The van der Waals surface area contributed by atoms with Crippen LogP contribution < -0.4 is 9.47 Å². The molecule has 13 nitrogen and oxygen atoms in total. The van der Waals surface area contributed by atoms with Crippen LogP contribution in [0.25, 0.3) is 0 Å². The first-order chi connectivity index (χ1) is 23.7. The molecule has 0 aliphatic heterocycles. The van der Waals surface area contributed by atoms with Crippen LogP contribution in [-0.2, 0) is 52.1 Å². The fraction of sp³-hybridized carbons (Fsp3) is 0.444. The standard InChI is InChI=1S/C25H35N3O7S.C11H12O3/c1-25(2,24(32)34-8-7-9-36(4,5)6)13-22(23(31)33-3)28-14-20(26-27-28)17-35-21-11-18(15-29)10-19(12-21)16-30;1-2-3-14-11-5-9(7-12)4-10(6-11)8-13/h10-12,14,22,29-30H,8,13,15-17H2,1-6H3;1,4-6,12-13H,3,7-8H2. The van der Waals surface area contributed by atoms with Gasteiger partial charge in [-0.1, -0.05) is 34.4 Å². The van der Waals surface area contributed by atoms with Crippen LogP contribution in [0.15, 0.2) is 42.6 Å². The summed E-state index contributed by atoms with van der Waals surface area (Å²) in [6.07, 6.45) is 12.8. The Morgan fingerprint density at radius 1 is 0.880 bits per heavy atom. The van der Waals surface area contributed by atoms with Crippen molar-refractivity contribution in [1.29, 1.82) is 0 Å². The molecule has 14 heteroatoms. The van der Waals surface area contributed by atoms with Crippen LogP contribution in [0, 0.1) is 28.9 Å². The summed E-state index contributed by atoms with van der Waals surface area (Å²) in [6, 6.07) is 9.16. The topological polar surface area (TPSA) is 183 Å². The second-order valence-electron chi connectivity index (χ2n) is 12.4. The highest BCUT2D eigenvalue weighted by Crippen LogP contribution is 2.33. The molecule has 0 fully saturated rings. The van der Waals surface area contributed by atoms with E-state index in [1.807, 2.05) is 18.8 Å². The van der Waals surface area contributed by atoms with E-state index >= 15 is 0 Å². The van der Waals surface area contributed by atoms with Crippen LogP contribution in [0.4, 0.5) is 0 Å². The van der Waals surface area contributed by atoms with Crippen LogP contribution in [0.2, 0.25) is 0 Å². The summed E-state index contributed by atoms with van der Waals surface area (Å²) in [7, 11) is 0.243. The first kappa shape index (κ1) is 41.6. The van der Waals surface area contributed by atoms with E-state index in [1.54, 1.807) is 56.4 Å². The van der Waals surface area contributed by atoms with Crippen LogP contribution in [0.1, 0.15) is 54.3 Å². The van der Waals surface area contributed by atoms with Gasteiger partial charge < -0.3 is 39.4 Å². The SMILES string of the molecule is C#CCOc1cc(CO)cc(CO)c1.COC(=O)C(CC(C)(C)C(=O)OCC#CS(C)(C)C)n1cc(COc2cc(CO)cc(CO)c2)nn1. The zero-order chi connectivity index (χ0) is 37.3. The Balaban J connectivity index is 0.000000515. The Hall–Kier alpha value is -4.57. The number of rotatable bonds is 15. The number of esters is 2. The molecule has 0 bridgehead atoms. The quantitative estimate of drug-likeness (QED) is 0.134. The number of hydrogen-bond acceptors (Lipinski definition) is 12. The smallest absolute Gasteiger partial charge is 0.330 e. The Kier molecular flexibility index (Phi) is 16.8. The molecule has 1 heterocycles. The van der Waals surface area contributed by atoms with Crippen LogP contribution in [-0.4, -0.2) is 86.4 Å². The monoisotopic (exact) mass is 713 g/mol. The van der Waals surface area contributed by atoms with Gasteiger partial charge in [0, 0.05) is 0 Å². The van der Waals surface area contributed by atoms with E-state index in [-0.39, 0.29) is 52.7 Å². The van der Waals surface area contributed by atoms with E-state index < -0.39 is 33.4 Å². The van der Waals surface area contributed by atoms with Crippen molar-refractivity contribution >= 4 is 22.0 Å². The molecule has 2 aromatic carbocycles. The predicted molar refractivity (Wildman–Crippen MR) is 189 cm³/mol. The van der Waals surface area contributed by atoms with Gasteiger partial charge in [0.1, 0.15) is 30.4 Å². The highest BCUT2D eigenvalue weighted by atomic mass is 32.3. The Labute approximate surface area is 294 Å². The average Bonchev–Trinajstić information content (AvgIpc) is 3.58. The number of aliphatic hydroxyl groups is 4. The summed E-state index contributed by atoms with van der Waals surface area (Å²) in [4.78, 5) is 25.3. The second kappa shape index (κ2) is 20.2. The maximum atomic E-state index is 12.7. The van der Waals surface area contributed by atoms with Gasteiger partial charge in [0.25, 0.3) is 0 Å². The molecule has 3 rings (SSSR count). The molecular weight excluding hydrogens is 666 g/mol. The zero-order valence-corrected chi connectivity index (χ0v) is 30.2. The van der Waals surface area contributed by atoms with Crippen molar-refractivity contribution in [1.82, 2.24) is 15.0 Å². The van der Waals surface area contributed by atoms with Gasteiger partial charge in [0.2, 0.25) is 0 Å². The van der Waals surface area contributed by atoms with Crippen molar-refractivity contribution in [2.75, 3.05) is 39.1 Å². The van der Waals surface area contributed by atoms with Crippen molar-refractivity contribution in [3.8, 4) is 35.0 Å². The van der Waals surface area contributed by atoms with Crippen LogP contribution in [0.3, 0.4) is 0 Å². The lowest BCUT2D eigenvalue weighted by molar-refractivity contribution is -0.155. The maximum absolute atomic E-state index is 12.7. The number of hydrogen-bond donors (Lipinski definition) is 4. The molecule has 1 aromatic heterocycles. The second-order valence-corrected chi connectivity index (χ2v) is 16.3. The number of aromatic nitrogens is 3. The summed E-state index contributed by atoms with van der Waals surface area (Å²) in [5, 5.41) is 47.8. The third-order valence-electron chi connectivity index (χ3n) is 6.75. The van der Waals surface area contributed by atoms with Gasteiger partial charge in [-0.3, -0.25) is 4.79 Å². The minimum Gasteiger partial charge on any atom is -0.487 e. The summed E-state index contributed by atoms with van der Waals surface area (Å²) < 4.78 is 22.5. The molecule has 0 amide bonds. The van der Waals surface area contributed by atoms with E-state index in [9.17, 15) is 19.8 Å². The number of carbonyl (C=O) groups excluding carboxylic acids is 2. The van der Waals surface area contributed by atoms with E-state index in [0.717, 1.165) is 0 Å². The van der Waals surface area contributed by atoms with Gasteiger partial charge in [-0.25, -0.2) is 9.48 Å². The third-order valence-corrected chi connectivity index (χ3v) is 7.51. The van der Waals surface area contributed by atoms with Gasteiger partial charge in [0.15, 0.2) is 12.6 Å². The largest absolute Gasteiger partial charge is 0.487 e. The molecule has 272 valence electrons. The minimum atomic E-state index is -1.02. The Bertz CT molecular complexity index is 1620. The summed E-state index contributed by atoms with van der Waals surface area (Å²) in [5.74, 6) is 5.18. The van der Waals surface area contributed by atoms with Crippen molar-refractivity contribution in [2.24, 2.45) is 5.41 Å². The molecular formula is C36H47N3O10S. The highest BCUT2D eigenvalue weighted by molar-refractivity contribution is 8.35. The molecule has 50 heavy (non-hydrogen) atoms. The van der Waals surface area contributed by atoms with E-state index in [4.69, 9.17) is 35.6 Å². The van der Waals surface area contributed by atoms with Gasteiger partial charge >= 0.3 is 11.9 Å². The van der Waals surface area contributed by atoms with Crippen molar-refractivity contribution in [3.05, 3.63) is 70.5 Å².